The fourth-order valence-corrected chi connectivity index (χ4v) is 2.17. The maximum atomic E-state index is 12.1. The van der Waals surface area contributed by atoms with Crippen LogP contribution in [0.4, 0.5) is 13.2 Å². The number of hydrogen-bond donors (Lipinski definition) is 3. The number of halogens is 3. The molecule has 7 nitrogen and oxygen atoms in total. The predicted molar refractivity (Wildman–Crippen MR) is 88.4 cm³/mol. The minimum absolute atomic E-state index is 0.0538. The Bertz CT molecular complexity index is 717. The molecule has 5 N–H and O–H groups in total. The Labute approximate surface area is 154 Å². The number of carbonyl (C=O) groups is 2. The Balaban J connectivity index is 0.000000445. The zero-order chi connectivity index (χ0) is 21.0. The molecule has 1 heterocycles. The lowest BCUT2D eigenvalue weighted by molar-refractivity contribution is -0.395. The molecule has 1 amide bonds. The number of alkyl halides is 3. The van der Waals surface area contributed by atoms with Gasteiger partial charge in [0.05, 0.1) is 0 Å². The number of rotatable bonds is 4. The van der Waals surface area contributed by atoms with Crippen molar-refractivity contribution in [1.29, 1.82) is 0 Å². The number of phenols is 1. The lowest BCUT2D eigenvalue weighted by Crippen LogP contribution is -2.68. The normalized spacial score (nSPS) is 20.4. The first-order valence-electron chi connectivity index (χ1n) is 8.07. The van der Waals surface area contributed by atoms with Crippen molar-refractivity contribution in [1.82, 2.24) is 5.32 Å². The van der Waals surface area contributed by atoms with Crippen LogP contribution in [0.25, 0.3) is 0 Å². The van der Waals surface area contributed by atoms with E-state index in [0.717, 1.165) is 5.56 Å². The quantitative estimate of drug-likeness (QED) is 0.658. The van der Waals surface area contributed by atoms with E-state index in [0.29, 0.717) is 12.3 Å². The van der Waals surface area contributed by atoms with E-state index in [4.69, 9.17) is 9.90 Å². The van der Waals surface area contributed by atoms with Crippen molar-refractivity contribution >= 4 is 17.7 Å². The fourth-order valence-electron chi connectivity index (χ4n) is 2.17. The number of nitrogens with zero attached hydrogens (tertiary/aromatic N) is 1. The third-order valence-electron chi connectivity index (χ3n) is 4.21. The third kappa shape index (κ3) is 5.95. The van der Waals surface area contributed by atoms with Gasteiger partial charge in [-0.3, -0.25) is 4.79 Å². The molecule has 0 fully saturated rings. The molecular weight excluding hydrogens is 367 g/mol. The Morgan fingerprint density at radius 3 is 2.19 bits per heavy atom. The largest absolute Gasteiger partial charge is 0.542 e. The molecule has 1 aliphatic heterocycles. The minimum atomic E-state index is -5.19. The van der Waals surface area contributed by atoms with E-state index < -0.39 is 17.7 Å². The summed E-state index contributed by atoms with van der Waals surface area (Å²) in [7, 11) is 0. The van der Waals surface area contributed by atoms with Crippen LogP contribution in [-0.2, 0) is 16.0 Å². The van der Waals surface area contributed by atoms with Crippen molar-refractivity contribution in [2.24, 2.45) is 10.9 Å². The number of carboxylic acid groups (broad SMARTS) is 1. The van der Waals surface area contributed by atoms with Gasteiger partial charge in [-0.05, 0) is 30.5 Å². The van der Waals surface area contributed by atoms with Crippen molar-refractivity contribution < 1.29 is 38.7 Å². The summed E-state index contributed by atoms with van der Waals surface area (Å²) in [5.74, 6) is -2.03. The molecule has 0 saturated heterocycles. The number of amidine groups is 1. The molecule has 0 saturated carbocycles. The van der Waals surface area contributed by atoms with E-state index in [9.17, 15) is 23.1 Å². The van der Waals surface area contributed by atoms with Crippen molar-refractivity contribution in [3.8, 4) is 5.75 Å². The average molecular weight is 389 g/mol. The molecule has 1 aliphatic rings. The maximum absolute atomic E-state index is 12.1. The molecule has 0 radical (unpaired) electrons. The number of quaternary nitrogens is 1. The molecule has 27 heavy (non-hydrogen) atoms. The van der Waals surface area contributed by atoms with Gasteiger partial charge in [-0.2, -0.15) is 13.2 Å². The first kappa shape index (κ1) is 22.4. The van der Waals surface area contributed by atoms with E-state index >= 15 is 0 Å². The molecule has 0 aromatic heterocycles. The molecule has 1 aromatic rings. The smallest absolute Gasteiger partial charge is 0.430 e. The highest BCUT2D eigenvalue weighted by molar-refractivity contribution is 6.09. The number of carbonyl (C=O) groups excluding carboxylic acids is 2. The summed E-state index contributed by atoms with van der Waals surface area (Å²) < 4.78 is 31.5. The van der Waals surface area contributed by atoms with Gasteiger partial charge in [-0.25, -0.2) is 4.99 Å². The van der Waals surface area contributed by atoms with Crippen molar-refractivity contribution in [2.45, 2.75) is 44.9 Å². The molecule has 0 spiro atoms. The number of nitrogens with one attached hydrogen (secondary N) is 1. The molecule has 10 heteroatoms. The second-order valence-corrected chi connectivity index (χ2v) is 6.61. The summed E-state index contributed by atoms with van der Waals surface area (Å²) >= 11 is 0. The number of aromatic hydroxyl groups is 1. The lowest BCUT2D eigenvalue weighted by atomic mass is 9.89. The first-order valence-corrected chi connectivity index (χ1v) is 8.07. The van der Waals surface area contributed by atoms with Gasteiger partial charge in [0.2, 0.25) is 0 Å². The van der Waals surface area contributed by atoms with Gasteiger partial charge in [0.15, 0.2) is 5.84 Å². The second kappa shape index (κ2) is 8.38. The number of phenolic OH excluding ortho intramolecular Hbond substituents is 1. The summed E-state index contributed by atoms with van der Waals surface area (Å²) in [4.78, 5) is 25.4. The van der Waals surface area contributed by atoms with E-state index in [-0.39, 0.29) is 23.6 Å². The van der Waals surface area contributed by atoms with Crippen molar-refractivity contribution in [3.63, 3.8) is 0 Å². The highest BCUT2D eigenvalue weighted by atomic mass is 19.4. The summed E-state index contributed by atoms with van der Waals surface area (Å²) in [6.45, 7) is 5.83. The minimum Gasteiger partial charge on any atom is -0.542 e. The number of aliphatic carboxylic acids is 1. The zero-order valence-electron chi connectivity index (χ0n) is 15.1. The first-order chi connectivity index (χ1) is 12.3. The number of aliphatic imine (C=N–C) groups is 1. The summed E-state index contributed by atoms with van der Waals surface area (Å²) in [6, 6.07) is 6.90. The van der Waals surface area contributed by atoms with E-state index in [2.05, 4.69) is 16.0 Å². The summed E-state index contributed by atoms with van der Waals surface area (Å²) in [6.07, 6.45) is -4.52. The van der Waals surface area contributed by atoms with E-state index in [1.807, 2.05) is 32.9 Å². The average Bonchev–Trinajstić information content (AvgIpc) is 2.86. The number of amides is 1. The Hall–Kier alpha value is -2.62. The molecule has 1 aromatic carbocycles. The maximum Gasteiger partial charge on any atom is 0.430 e. The Morgan fingerprint density at radius 2 is 1.81 bits per heavy atom. The highest BCUT2D eigenvalue weighted by Gasteiger charge is 2.43. The van der Waals surface area contributed by atoms with Crippen LogP contribution in [-0.4, -0.2) is 40.6 Å². The number of benzene rings is 1. The SMILES string of the molecule is CC(C)C1(C)N=C([C@@H]([NH3+])Cc2ccc(O)cc2)NC1=O.O=C([O-])C(F)(F)F. The van der Waals surface area contributed by atoms with Gasteiger partial charge >= 0.3 is 6.18 Å². The molecule has 1 unspecified atom stereocenters. The van der Waals surface area contributed by atoms with Gasteiger partial charge in [0, 0.05) is 6.42 Å². The lowest BCUT2D eigenvalue weighted by Gasteiger charge is -2.21. The predicted octanol–water partition coefficient (Wildman–Crippen LogP) is -0.213. The standard InChI is InChI=1S/C15H21N3O2.C2HF3O2/c1-9(2)15(3)14(20)17-13(18-15)12(16)8-10-4-6-11(19)7-5-10;3-2(4,5)1(6)7/h4-7,9,12,19H,8,16H2,1-3H3,(H,17,18,20);(H,6,7)/t12-,15?;/m0./s1. The van der Waals surface area contributed by atoms with Gasteiger partial charge in [0.25, 0.3) is 5.91 Å². The fraction of sp³-hybridized carbons (Fsp3) is 0.471. The van der Waals surface area contributed by atoms with Gasteiger partial charge in [0.1, 0.15) is 23.3 Å². The number of carboxylic acids is 1. The Kier molecular flexibility index (Phi) is 6.96. The van der Waals surface area contributed by atoms with Crippen LogP contribution in [0.15, 0.2) is 29.3 Å². The molecule has 2 atom stereocenters. The molecule has 150 valence electrons. The van der Waals surface area contributed by atoms with Crippen LogP contribution in [0.2, 0.25) is 0 Å². The van der Waals surface area contributed by atoms with Crippen LogP contribution in [0, 0.1) is 5.92 Å². The molecule has 0 aliphatic carbocycles. The highest BCUT2D eigenvalue weighted by Crippen LogP contribution is 2.26. The molecule has 0 bridgehead atoms. The number of hydrogen-bond acceptors (Lipinski definition) is 5. The van der Waals surface area contributed by atoms with E-state index in [1.165, 1.54) is 0 Å². The molecule has 2 rings (SSSR count). The zero-order valence-corrected chi connectivity index (χ0v) is 15.1. The van der Waals surface area contributed by atoms with Gasteiger partial charge in [-0.1, -0.05) is 26.0 Å². The second-order valence-electron chi connectivity index (χ2n) is 6.61. The van der Waals surface area contributed by atoms with Crippen molar-refractivity contribution in [3.05, 3.63) is 29.8 Å². The van der Waals surface area contributed by atoms with Gasteiger partial charge < -0.3 is 26.1 Å². The van der Waals surface area contributed by atoms with Gasteiger partial charge in [-0.15, -0.1) is 0 Å². The Morgan fingerprint density at radius 1 is 1.33 bits per heavy atom. The summed E-state index contributed by atoms with van der Waals surface area (Å²) in [5.41, 5.74) is 4.45. The van der Waals surface area contributed by atoms with Crippen molar-refractivity contribution in [2.75, 3.05) is 0 Å². The summed E-state index contributed by atoms with van der Waals surface area (Å²) in [5, 5.41) is 20.9. The van der Waals surface area contributed by atoms with E-state index in [1.54, 1.807) is 12.1 Å². The van der Waals surface area contributed by atoms with Crippen LogP contribution in [0.3, 0.4) is 0 Å². The van der Waals surface area contributed by atoms with Crippen LogP contribution < -0.4 is 16.2 Å². The monoisotopic (exact) mass is 389 g/mol. The van der Waals surface area contributed by atoms with Crippen LogP contribution in [0.1, 0.15) is 26.3 Å². The molecular formula is C17H22F3N3O4. The topological polar surface area (TPSA) is 129 Å². The van der Waals surface area contributed by atoms with Crippen LogP contribution in [0.5, 0.6) is 5.75 Å². The third-order valence-corrected chi connectivity index (χ3v) is 4.21. The van der Waals surface area contributed by atoms with Crippen LogP contribution >= 0.6 is 0 Å².